The Balaban J connectivity index is 1.89. The summed E-state index contributed by atoms with van der Waals surface area (Å²) in [6, 6.07) is 8.45. The van der Waals surface area contributed by atoms with Crippen LogP contribution in [-0.4, -0.2) is 17.3 Å². The lowest BCUT2D eigenvalue weighted by molar-refractivity contribution is -0.137. The van der Waals surface area contributed by atoms with Crippen LogP contribution in [0.3, 0.4) is 0 Å². The second kappa shape index (κ2) is 5.95. The standard InChI is InChI=1S/C16H10F4N2O2/c1-23-13-7-4-10(8-12(13)17)15-21-14(22-24-15)9-2-5-11(6-3-9)16(18,19)20/h2-8H,1H3. The number of ether oxygens (including phenoxy) is 1. The maximum atomic E-state index is 13.7. The molecule has 0 unspecified atom stereocenters. The summed E-state index contributed by atoms with van der Waals surface area (Å²) in [4.78, 5) is 4.07. The number of rotatable bonds is 3. The highest BCUT2D eigenvalue weighted by Crippen LogP contribution is 2.31. The summed E-state index contributed by atoms with van der Waals surface area (Å²) in [5.41, 5.74) is -0.0851. The molecule has 0 bridgehead atoms. The van der Waals surface area contributed by atoms with Gasteiger partial charge in [0.2, 0.25) is 5.82 Å². The van der Waals surface area contributed by atoms with Crippen LogP contribution in [0.5, 0.6) is 5.75 Å². The normalized spacial score (nSPS) is 11.5. The van der Waals surface area contributed by atoms with Gasteiger partial charge in [-0.2, -0.15) is 18.2 Å². The van der Waals surface area contributed by atoms with Gasteiger partial charge in [0, 0.05) is 11.1 Å². The fraction of sp³-hybridized carbons (Fsp3) is 0.125. The van der Waals surface area contributed by atoms with Crippen molar-refractivity contribution in [3.05, 3.63) is 53.8 Å². The zero-order valence-electron chi connectivity index (χ0n) is 12.3. The van der Waals surface area contributed by atoms with Gasteiger partial charge in [-0.25, -0.2) is 4.39 Å². The molecule has 1 heterocycles. The molecule has 3 rings (SSSR count). The van der Waals surface area contributed by atoms with E-state index >= 15 is 0 Å². The molecule has 0 saturated carbocycles. The van der Waals surface area contributed by atoms with Crippen LogP contribution in [0.2, 0.25) is 0 Å². The van der Waals surface area contributed by atoms with E-state index in [2.05, 4.69) is 10.1 Å². The van der Waals surface area contributed by atoms with Gasteiger partial charge in [-0.1, -0.05) is 17.3 Å². The monoisotopic (exact) mass is 338 g/mol. The Kier molecular flexibility index (Phi) is 3.96. The molecule has 0 spiro atoms. The first-order valence-corrected chi connectivity index (χ1v) is 6.74. The molecule has 124 valence electrons. The second-order valence-electron chi connectivity index (χ2n) is 4.85. The Morgan fingerprint density at radius 1 is 1.00 bits per heavy atom. The predicted molar refractivity (Wildman–Crippen MR) is 76.7 cm³/mol. The molecule has 0 aliphatic heterocycles. The number of halogens is 4. The van der Waals surface area contributed by atoms with Gasteiger partial charge in [-0.15, -0.1) is 0 Å². The molecule has 4 nitrogen and oxygen atoms in total. The molecule has 0 atom stereocenters. The van der Waals surface area contributed by atoms with E-state index in [0.717, 1.165) is 12.1 Å². The number of alkyl halides is 3. The number of aromatic nitrogens is 2. The van der Waals surface area contributed by atoms with Gasteiger partial charge < -0.3 is 9.26 Å². The van der Waals surface area contributed by atoms with E-state index in [1.54, 1.807) is 0 Å². The topological polar surface area (TPSA) is 48.2 Å². The fourth-order valence-corrected chi connectivity index (χ4v) is 2.07. The van der Waals surface area contributed by atoms with Crippen molar-refractivity contribution in [3.8, 4) is 28.6 Å². The molecular weight excluding hydrogens is 328 g/mol. The first kappa shape index (κ1) is 16.0. The summed E-state index contributed by atoms with van der Waals surface area (Å²) in [6.07, 6.45) is -4.42. The van der Waals surface area contributed by atoms with Crippen molar-refractivity contribution in [1.29, 1.82) is 0 Å². The van der Waals surface area contributed by atoms with Crippen LogP contribution in [0.15, 0.2) is 47.0 Å². The Hall–Kier alpha value is -2.90. The first-order valence-electron chi connectivity index (χ1n) is 6.74. The smallest absolute Gasteiger partial charge is 0.416 e. The highest BCUT2D eigenvalue weighted by molar-refractivity contribution is 5.60. The minimum Gasteiger partial charge on any atom is -0.494 e. The largest absolute Gasteiger partial charge is 0.494 e. The summed E-state index contributed by atoms with van der Waals surface area (Å²) in [5, 5.41) is 3.71. The highest BCUT2D eigenvalue weighted by Gasteiger charge is 2.30. The number of benzene rings is 2. The molecule has 8 heteroatoms. The maximum Gasteiger partial charge on any atom is 0.416 e. The van der Waals surface area contributed by atoms with Gasteiger partial charge in [-0.05, 0) is 30.3 Å². The Labute approximate surface area is 133 Å². The minimum absolute atomic E-state index is 0.0476. The van der Waals surface area contributed by atoms with Crippen molar-refractivity contribution in [2.75, 3.05) is 7.11 Å². The third-order valence-corrected chi connectivity index (χ3v) is 3.30. The number of hydrogen-bond donors (Lipinski definition) is 0. The lowest BCUT2D eigenvalue weighted by atomic mass is 10.1. The molecule has 2 aromatic carbocycles. The molecule has 0 aliphatic carbocycles. The van der Waals surface area contributed by atoms with E-state index in [9.17, 15) is 17.6 Å². The summed E-state index contributed by atoms with van der Waals surface area (Å²) in [7, 11) is 1.34. The van der Waals surface area contributed by atoms with E-state index in [-0.39, 0.29) is 17.5 Å². The van der Waals surface area contributed by atoms with E-state index < -0.39 is 17.6 Å². The lowest BCUT2D eigenvalue weighted by Gasteiger charge is -2.05. The van der Waals surface area contributed by atoms with Crippen LogP contribution in [0.25, 0.3) is 22.8 Å². The molecule has 0 amide bonds. The van der Waals surface area contributed by atoms with Gasteiger partial charge in [0.25, 0.3) is 5.89 Å². The van der Waals surface area contributed by atoms with Crippen LogP contribution in [-0.2, 0) is 6.18 Å². The zero-order chi connectivity index (χ0) is 17.3. The molecule has 0 fully saturated rings. The van der Waals surface area contributed by atoms with E-state index in [1.165, 1.54) is 37.4 Å². The average molecular weight is 338 g/mol. The number of hydrogen-bond acceptors (Lipinski definition) is 4. The Morgan fingerprint density at radius 2 is 1.67 bits per heavy atom. The van der Waals surface area contributed by atoms with Crippen LogP contribution in [0.1, 0.15) is 5.56 Å². The van der Waals surface area contributed by atoms with E-state index in [4.69, 9.17) is 9.26 Å². The molecule has 0 aliphatic rings. The van der Waals surface area contributed by atoms with Crippen molar-refractivity contribution in [1.82, 2.24) is 10.1 Å². The summed E-state index contributed by atoms with van der Waals surface area (Å²) in [5.74, 6) is -0.369. The van der Waals surface area contributed by atoms with E-state index in [0.29, 0.717) is 11.1 Å². The van der Waals surface area contributed by atoms with Gasteiger partial charge in [0.05, 0.1) is 12.7 Å². The van der Waals surface area contributed by atoms with Gasteiger partial charge >= 0.3 is 6.18 Å². The molecule has 1 aromatic heterocycles. The van der Waals surface area contributed by atoms with Crippen LogP contribution in [0, 0.1) is 5.82 Å². The summed E-state index contributed by atoms with van der Waals surface area (Å²) >= 11 is 0. The lowest BCUT2D eigenvalue weighted by Crippen LogP contribution is -2.04. The number of nitrogens with zero attached hydrogens (tertiary/aromatic N) is 2. The quantitative estimate of drug-likeness (QED) is 0.657. The van der Waals surface area contributed by atoms with Crippen LogP contribution < -0.4 is 4.74 Å². The van der Waals surface area contributed by atoms with Gasteiger partial charge in [0.1, 0.15) is 0 Å². The highest BCUT2D eigenvalue weighted by atomic mass is 19.4. The van der Waals surface area contributed by atoms with Crippen LogP contribution >= 0.6 is 0 Å². The summed E-state index contributed by atoms with van der Waals surface area (Å²) < 4.78 is 61.2. The SMILES string of the molecule is COc1ccc(-c2nc(-c3ccc(C(F)(F)F)cc3)no2)cc1F. The molecule has 0 saturated heterocycles. The molecular formula is C16H10F4N2O2. The maximum absolute atomic E-state index is 13.7. The molecule has 24 heavy (non-hydrogen) atoms. The first-order chi connectivity index (χ1) is 11.4. The van der Waals surface area contributed by atoms with Crippen LogP contribution in [0.4, 0.5) is 17.6 Å². The predicted octanol–water partition coefficient (Wildman–Crippen LogP) is 4.57. The Bertz CT molecular complexity index is 857. The molecule has 3 aromatic rings. The molecule has 0 radical (unpaired) electrons. The van der Waals surface area contributed by atoms with Crippen molar-refractivity contribution < 1.29 is 26.8 Å². The van der Waals surface area contributed by atoms with Gasteiger partial charge in [0.15, 0.2) is 11.6 Å². The molecule has 0 N–H and O–H groups in total. The second-order valence-corrected chi connectivity index (χ2v) is 4.85. The van der Waals surface area contributed by atoms with E-state index in [1.807, 2.05) is 0 Å². The summed E-state index contributed by atoms with van der Waals surface area (Å²) in [6.45, 7) is 0. The zero-order valence-corrected chi connectivity index (χ0v) is 12.3. The minimum atomic E-state index is -4.42. The van der Waals surface area contributed by atoms with Gasteiger partial charge in [-0.3, -0.25) is 0 Å². The number of methoxy groups -OCH3 is 1. The van der Waals surface area contributed by atoms with Crippen molar-refractivity contribution in [2.24, 2.45) is 0 Å². The van der Waals surface area contributed by atoms with Crippen molar-refractivity contribution >= 4 is 0 Å². The van der Waals surface area contributed by atoms with Crippen molar-refractivity contribution in [3.63, 3.8) is 0 Å². The van der Waals surface area contributed by atoms with Crippen molar-refractivity contribution in [2.45, 2.75) is 6.18 Å². The average Bonchev–Trinajstić information content (AvgIpc) is 3.04. The third kappa shape index (κ3) is 3.08. The fourth-order valence-electron chi connectivity index (χ4n) is 2.07. The third-order valence-electron chi connectivity index (χ3n) is 3.30. The Morgan fingerprint density at radius 3 is 2.25 bits per heavy atom.